The van der Waals surface area contributed by atoms with Gasteiger partial charge in [-0.1, -0.05) is 13.8 Å². The van der Waals surface area contributed by atoms with Crippen LogP contribution in [0.3, 0.4) is 0 Å². The first-order valence-corrected chi connectivity index (χ1v) is 10.2. The van der Waals surface area contributed by atoms with Gasteiger partial charge >= 0.3 is 0 Å². The maximum absolute atomic E-state index is 12.3. The zero-order valence-corrected chi connectivity index (χ0v) is 14.6. The summed E-state index contributed by atoms with van der Waals surface area (Å²) in [6, 6.07) is 3.12. The van der Waals surface area contributed by atoms with Gasteiger partial charge in [-0.2, -0.15) is 0 Å². The second-order valence-corrected chi connectivity index (χ2v) is 9.76. The maximum Gasteiger partial charge on any atom is 0.270 e. The summed E-state index contributed by atoms with van der Waals surface area (Å²) in [5.41, 5.74) is 0. The highest BCUT2D eigenvalue weighted by Crippen LogP contribution is 2.27. The molecule has 21 heavy (non-hydrogen) atoms. The summed E-state index contributed by atoms with van der Waals surface area (Å²) >= 11 is 1.07. The number of piperidine rings is 1. The van der Waals surface area contributed by atoms with Crippen molar-refractivity contribution in [3.63, 3.8) is 0 Å². The van der Waals surface area contributed by atoms with E-state index >= 15 is 0 Å². The van der Waals surface area contributed by atoms with Crippen molar-refractivity contribution in [2.24, 2.45) is 11.8 Å². The summed E-state index contributed by atoms with van der Waals surface area (Å²) in [7, 11) is 1.60. The number of hydrogen-bond donors (Lipinski definition) is 0. The molecule has 0 aromatic carbocycles. The maximum atomic E-state index is 12.3. The molecule has 0 spiro atoms. The van der Waals surface area contributed by atoms with Crippen LogP contribution in [0.2, 0.25) is 0 Å². The van der Waals surface area contributed by atoms with E-state index < -0.39 is 9.05 Å². The van der Waals surface area contributed by atoms with Gasteiger partial charge < -0.3 is 4.90 Å². The molecule has 0 N–H and O–H groups in total. The minimum absolute atomic E-state index is 0.0672. The normalized spacial score (nSPS) is 17.4. The molecular weight excluding hydrogens is 330 g/mol. The van der Waals surface area contributed by atoms with E-state index in [1.54, 1.807) is 6.07 Å². The molecule has 2 rings (SSSR count). The Morgan fingerprint density at radius 1 is 1.38 bits per heavy atom. The molecule has 0 aliphatic carbocycles. The summed E-state index contributed by atoms with van der Waals surface area (Å²) in [5.74, 6) is 1.43. The predicted molar refractivity (Wildman–Crippen MR) is 85.2 cm³/mol. The molecule has 1 amide bonds. The first-order valence-electron chi connectivity index (χ1n) is 7.08. The lowest BCUT2D eigenvalue weighted by atomic mass is 9.86. The quantitative estimate of drug-likeness (QED) is 0.785. The van der Waals surface area contributed by atoms with Crippen LogP contribution in [0.5, 0.6) is 0 Å². The molecule has 4 nitrogen and oxygen atoms in total. The monoisotopic (exact) mass is 349 g/mol. The lowest BCUT2D eigenvalue weighted by molar-refractivity contribution is -0.132. The number of halogens is 1. The molecule has 0 saturated carbocycles. The second kappa shape index (κ2) is 6.67. The van der Waals surface area contributed by atoms with E-state index in [-0.39, 0.29) is 16.5 Å². The zero-order valence-electron chi connectivity index (χ0n) is 12.2. The van der Waals surface area contributed by atoms with Gasteiger partial charge in [0, 0.05) is 28.6 Å². The largest absolute Gasteiger partial charge is 0.342 e. The standard InChI is InChI=1S/C14H20ClNO3S2/c1-10(2)11-5-7-16(8-6-11)13(17)9-12-3-4-14(20-12)21(15,18)19/h3-4,10-11H,5-9H2,1-2H3. The molecule has 0 radical (unpaired) electrons. The lowest BCUT2D eigenvalue weighted by Crippen LogP contribution is -2.40. The Hall–Kier alpha value is -0.590. The minimum Gasteiger partial charge on any atom is -0.342 e. The third-order valence-electron chi connectivity index (χ3n) is 4.04. The summed E-state index contributed by atoms with van der Waals surface area (Å²) in [5, 5.41) is 0. The van der Waals surface area contributed by atoms with Gasteiger partial charge in [0.25, 0.3) is 9.05 Å². The average Bonchev–Trinajstić information content (AvgIpc) is 2.87. The Kier molecular flexibility index (Phi) is 5.33. The van der Waals surface area contributed by atoms with Crippen molar-refractivity contribution >= 4 is 37.0 Å². The number of hydrogen-bond acceptors (Lipinski definition) is 4. The molecular formula is C14H20ClNO3S2. The molecule has 1 saturated heterocycles. The highest BCUT2D eigenvalue weighted by atomic mass is 35.7. The van der Waals surface area contributed by atoms with Crippen LogP contribution in [-0.4, -0.2) is 32.3 Å². The van der Waals surface area contributed by atoms with Gasteiger partial charge in [0.2, 0.25) is 5.91 Å². The third kappa shape index (κ3) is 4.44. The first-order chi connectivity index (χ1) is 9.77. The molecule has 1 aliphatic heterocycles. The lowest BCUT2D eigenvalue weighted by Gasteiger charge is -2.33. The fraction of sp³-hybridized carbons (Fsp3) is 0.643. The van der Waals surface area contributed by atoms with Crippen molar-refractivity contribution in [1.82, 2.24) is 4.90 Å². The average molecular weight is 350 g/mol. The van der Waals surface area contributed by atoms with Crippen LogP contribution in [0.4, 0.5) is 0 Å². The van der Waals surface area contributed by atoms with Crippen LogP contribution in [-0.2, 0) is 20.3 Å². The van der Waals surface area contributed by atoms with Gasteiger partial charge in [-0.15, -0.1) is 11.3 Å². The zero-order chi connectivity index (χ0) is 15.6. The molecule has 0 bridgehead atoms. The van der Waals surface area contributed by atoms with Crippen LogP contribution in [0.25, 0.3) is 0 Å². The van der Waals surface area contributed by atoms with Gasteiger partial charge in [-0.05, 0) is 36.8 Å². The Bertz CT molecular complexity index is 601. The van der Waals surface area contributed by atoms with Crippen LogP contribution < -0.4 is 0 Å². The molecule has 0 atom stereocenters. The molecule has 2 heterocycles. The Balaban J connectivity index is 1.92. The van der Waals surface area contributed by atoms with E-state index in [0.29, 0.717) is 11.8 Å². The predicted octanol–water partition coefficient (Wildman–Crippen LogP) is 3.11. The fourth-order valence-corrected chi connectivity index (χ4v) is 4.77. The summed E-state index contributed by atoms with van der Waals surface area (Å²) in [6.45, 7) is 6.05. The van der Waals surface area contributed by atoms with Gasteiger partial charge in [0.05, 0.1) is 6.42 Å². The van der Waals surface area contributed by atoms with E-state index in [4.69, 9.17) is 10.7 Å². The van der Waals surface area contributed by atoms with Crippen molar-refractivity contribution in [1.29, 1.82) is 0 Å². The summed E-state index contributed by atoms with van der Waals surface area (Å²) < 4.78 is 22.5. The number of carbonyl (C=O) groups is 1. The highest BCUT2D eigenvalue weighted by Gasteiger charge is 2.25. The van der Waals surface area contributed by atoms with Crippen LogP contribution in [0.1, 0.15) is 31.6 Å². The van der Waals surface area contributed by atoms with E-state index in [1.807, 2.05) is 4.90 Å². The second-order valence-electron chi connectivity index (χ2n) is 5.80. The summed E-state index contributed by atoms with van der Waals surface area (Å²) in [4.78, 5) is 14.9. The van der Waals surface area contributed by atoms with Gasteiger partial charge in [0.15, 0.2) is 0 Å². The Labute approximate surface area is 134 Å². The Morgan fingerprint density at radius 3 is 2.48 bits per heavy atom. The van der Waals surface area contributed by atoms with E-state index in [2.05, 4.69) is 13.8 Å². The first kappa shape index (κ1) is 16.8. The molecule has 1 aromatic rings. The number of rotatable bonds is 4. The molecule has 1 aliphatic rings. The van der Waals surface area contributed by atoms with Crippen molar-refractivity contribution in [3.8, 4) is 0 Å². The van der Waals surface area contributed by atoms with Crippen molar-refractivity contribution < 1.29 is 13.2 Å². The van der Waals surface area contributed by atoms with Crippen LogP contribution >= 0.6 is 22.0 Å². The van der Waals surface area contributed by atoms with E-state index in [1.165, 1.54) is 6.07 Å². The van der Waals surface area contributed by atoms with Crippen molar-refractivity contribution in [3.05, 3.63) is 17.0 Å². The van der Waals surface area contributed by atoms with Crippen molar-refractivity contribution in [2.45, 2.75) is 37.3 Å². The SMILES string of the molecule is CC(C)C1CCN(C(=O)Cc2ccc(S(=O)(=O)Cl)s2)CC1. The van der Waals surface area contributed by atoms with E-state index in [0.717, 1.165) is 42.1 Å². The van der Waals surface area contributed by atoms with Gasteiger partial charge in [-0.3, -0.25) is 4.79 Å². The number of carbonyl (C=O) groups excluding carboxylic acids is 1. The number of likely N-dealkylation sites (tertiary alicyclic amines) is 1. The number of amides is 1. The molecule has 118 valence electrons. The van der Waals surface area contributed by atoms with Gasteiger partial charge in [0.1, 0.15) is 4.21 Å². The fourth-order valence-electron chi connectivity index (χ4n) is 2.66. The third-order valence-corrected chi connectivity index (χ3v) is 7.22. The molecule has 7 heteroatoms. The van der Waals surface area contributed by atoms with E-state index in [9.17, 15) is 13.2 Å². The van der Waals surface area contributed by atoms with Crippen molar-refractivity contribution in [2.75, 3.05) is 13.1 Å². The molecule has 1 aromatic heterocycles. The molecule has 0 unspecified atom stereocenters. The number of thiophene rings is 1. The van der Waals surface area contributed by atoms with Gasteiger partial charge in [-0.25, -0.2) is 8.42 Å². The Morgan fingerprint density at radius 2 is 2.00 bits per heavy atom. The van der Waals surface area contributed by atoms with Crippen LogP contribution in [0.15, 0.2) is 16.3 Å². The molecule has 1 fully saturated rings. The smallest absolute Gasteiger partial charge is 0.270 e. The topological polar surface area (TPSA) is 54.5 Å². The minimum atomic E-state index is -3.69. The summed E-state index contributed by atoms with van der Waals surface area (Å²) in [6.07, 6.45) is 2.35. The van der Waals surface area contributed by atoms with Crippen LogP contribution in [0, 0.1) is 11.8 Å². The number of nitrogens with zero attached hydrogens (tertiary/aromatic N) is 1. The highest BCUT2D eigenvalue weighted by molar-refractivity contribution is 8.15.